The van der Waals surface area contributed by atoms with Crippen LogP contribution in [0.5, 0.6) is 0 Å². The zero-order valence-electron chi connectivity index (χ0n) is 10.4. The SMILES string of the molecule is CC1(C)CCC(N)(c2cccc(F)c2F)CC1. The van der Waals surface area contributed by atoms with Gasteiger partial charge in [0, 0.05) is 11.1 Å². The minimum Gasteiger partial charge on any atom is -0.321 e. The van der Waals surface area contributed by atoms with Crippen LogP contribution in [0.25, 0.3) is 0 Å². The molecule has 1 nitrogen and oxygen atoms in total. The fraction of sp³-hybridized carbons (Fsp3) is 0.571. The van der Waals surface area contributed by atoms with Gasteiger partial charge in [-0.1, -0.05) is 26.0 Å². The van der Waals surface area contributed by atoms with Gasteiger partial charge in [0.1, 0.15) is 0 Å². The number of hydrogen-bond donors (Lipinski definition) is 1. The Morgan fingerprint density at radius 3 is 2.24 bits per heavy atom. The molecule has 3 heteroatoms. The average molecular weight is 239 g/mol. The number of hydrogen-bond acceptors (Lipinski definition) is 1. The largest absolute Gasteiger partial charge is 0.321 e. The van der Waals surface area contributed by atoms with Gasteiger partial charge in [0.05, 0.1) is 0 Å². The quantitative estimate of drug-likeness (QED) is 0.794. The van der Waals surface area contributed by atoms with E-state index in [1.807, 2.05) is 0 Å². The maximum atomic E-state index is 13.8. The molecule has 0 heterocycles. The molecule has 1 saturated carbocycles. The van der Waals surface area contributed by atoms with Crippen molar-refractivity contribution >= 4 is 0 Å². The molecule has 1 aliphatic rings. The van der Waals surface area contributed by atoms with Crippen LogP contribution in [0.15, 0.2) is 18.2 Å². The van der Waals surface area contributed by atoms with Crippen molar-refractivity contribution in [3.05, 3.63) is 35.4 Å². The third-order valence-electron chi connectivity index (χ3n) is 3.98. The lowest BCUT2D eigenvalue weighted by Gasteiger charge is -2.41. The van der Waals surface area contributed by atoms with Crippen LogP contribution >= 0.6 is 0 Å². The molecular formula is C14H19F2N. The first-order valence-electron chi connectivity index (χ1n) is 6.07. The van der Waals surface area contributed by atoms with Crippen molar-refractivity contribution < 1.29 is 8.78 Å². The average Bonchev–Trinajstić information content (AvgIpc) is 2.27. The summed E-state index contributed by atoms with van der Waals surface area (Å²) in [6, 6.07) is 4.27. The van der Waals surface area contributed by atoms with Crippen LogP contribution in [0.1, 0.15) is 45.1 Å². The van der Waals surface area contributed by atoms with E-state index in [1.165, 1.54) is 6.07 Å². The van der Waals surface area contributed by atoms with Crippen LogP contribution in [0, 0.1) is 17.0 Å². The van der Waals surface area contributed by atoms with E-state index in [-0.39, 0.29) is 5.41 Å². The third-order valence-corrected chi connectivity index (χ3v) is 3.98. The number of halogens is 2. The summed E-state index contributed by atoms with van der Waals surface area (Å²) in [6.07, 6.45) is 3.31. The predicted molar refractivity (Wildman–Crippen MR) is 64.5 cm³/mol. The van der Waals surface area contributed by atoms with Gasteiger partial charge in [-0.05, 0) is 37.2 Å². The summed E-state index contributed by atoms with van der Waals surface area (Å²) in [7, 11) is 0. The fourth-order valence-electron chi connectivity index (χ4n) is 2.53. The van der Waals surface area contributed by atoms with E-state index in [0.29, 0.717) is 18.4 Å². The minimum absolute atomic E-state index is 0.257. The molecule has 0 radical (unpaired) electrons. The highest BCUT2D eigenvalue weighted by atomic mass is 19.2. The second-order valence-corrected chi connectivity index (χ2v) is 5.92. The van der Waals surface area contributed by atoms with E-state index >= 15 is 0 Å². The van der Waals surface area contributed by atoms with Crippen molar-refractivity contribution in [1.29, 1.82) is 0 Å². The molecule has 0 aromatic heterocycles. The van der Waals surface area contributed by atoms with Gasteiger partial charge in [-0.2, -0.15) is 0 Å². The van der Waals surface area contributed by atoms with Crippen LogP contribution < -0.4 is 5.73 Å². The Labute approximate surface area is 101 Å². The second kappa shape index (κ2) is 4.05. The Morgan fingerprint density at radius 1 is 1.06 bits per heavy atom. The first-order valence-corrected chi connectivity index (χ1v) is 6.07. The van der Waals surface area contributed by atoms with Gasteiger partial charge >= 0.3 is 0 Å². The molecule has 0 atom stereocenters. The Balaban J connectivity index is 2.31. The highest BCUT2D eigenvalue weighted by molar-refractivity contribution is 5.27. The van der Waals surface area contributed by atoms with E-state index in [2.05, 4.69) is 13.8 Å². The molecule has 1 aliphatic carbocycles. The molecule has 0 bridgehead atoms. The second-order valence-electron chi connectivity index (χ2n) is 5.92. The standard InChI is InChI=1S/C14H19F2N/c1-13(2)6-8-14(17,9-7-13)10-4-3-5-11(15)12(10)16/h3-5H,6-9,17H2,1-2H3. The Morgan fingerprint density at radius 2 is 1.65 bits per heavy atom. The van der Waals surface area contributed by atoms with E-state index in [0.717, 1.165) is 18.9 Å². The number of nitrogens with two attached hydrogens (primary N) is 1. The third kappa shape index (κ3) is 2.34. The van der Waals surface area contributed by atoms with Crippen molar-refractivity contribution in [3.63, 3.8) is 0 Å². The van der Waals surface area contributed by atoms with Crippen LogP contribution in [-0.4, -0.2) is 0 Å². The van der Waals surface area contributed by atoms with Crippen molar-refractivity contribution in [2.24, 2.45) is 11.1 Å². The number of rotatable bonds is 1. The van der Waals surface area contributed by atoms with Gasteiger partial charge in [0.15, 0.2) is 11.6 Å². The van der Waals surface area contributed by atoms with Crippen molar-refractivity contribution in [1.82, 2.24) is 0 Å². The lowest BCUT2D eigenvalue weighted by atomic mass is 9.67. The van der Waals surface area contributed by atoms with Crippen molar-refractivity contribution in [2.45, 2.75) is 45.1 Å². The molecule has 1 fully saturated rings. The molecule has 2 rings (SSSR count). The summed E-state index contributed by atoms with van der Waals surface area (Å²) in [4.78, 5) is 0. The summed E-state index contributed by atoms with van der Waals surface area (Å²) < 4.78 is 27.0. The summed E-state index contributed by atoms with van der Waals surface area (Å²) >= 11 is 0. The lowest BCUT2D eigenvalue weighted by molar-refractivity contribution is 0.161. The van der Waals surface area contributed by atoms with Gasteiger partial charge in [0.2, 0.25) is 0 Å². The number of benzene rings is 1. The highest BCUT2D eigenvalue weighted by Crippen LogP contribution is 2.44. The Bertz CT molecular complexity index is 416. The van der Waals surface area contributed by atoms with Gasteiger partial charge in [0.25, 0.3) is 0 Å². The van der Waals surface area contributed by atoms with Crippen LogP contribution in [0.2, 0.25) is 0 Å². The molecule has 0 spiro atoms. The van der Waals surface area contributed by atoms with E-state index in [9.17, 15) is 8.78 Å². The molecule has 1 aromatic carbocycles. The molecule has 94 valence electrons. The zero-order valence-corrected chi connectivity index (χ0v) is 10.4. The first-order chi connectivity index (χ1) is 7.84. The Kier molecular flexibility index (Phi) is 2.98. The summed E-state index contributed by atoms with van der Waals surface area (Å²) in [5.74, 6) is -1.59. The molecule has 0 saturated heterocycles. The maximum absolute atomic E-state index is 13.8. The lowest BCUT2D eigenvalue weighted by Crippen LogP contribution is -2.43. The molecule has 17 heavy (non-hydrogen) atoms. The first kappa shape index (κ1) is 12.5. The Hall–Kier alpha value is -0.960. The van der Waals surface area contributed by atoms with Crippen molar-refractivity contribution in [2.75, 3.05) is 0 Å². The highest BCUT2D eigenvalue weighted by Gasteiger charge is 2.38. The van der Waals surface area contributed by atoms with Gasteiger partial charge in [-0.15, -0.1) is 0 Å². The van der Waals surface area contributed by atoms with Gasteiger partial charge in [-0.3, -0.25) is 0 Å². The molecular weight excluding hydrogens is 220 g/mol. The molecule has 2 N–H and O–H groups in total. The summed E-state index contributed by atoms with van der Waals surface area (Å²) in [5, 5.41) is 0. The van der Waals surface area contributed by atoms with Crippen LogP contribution in [0.3, 0.4) is 0 Å². The van der Waals surface area contributed by atoms with E-state index in [1.54, 1.807) is 6.07 Å². The molecule has 0 unspecified atom stereocenters. The van der Waals surface area contributed by atoms with Gasteiger partial charge in [-0.25, -0.2) is 8.78 Å². The molecule has 0 aliphatic heterocycles. The van der Waals surface area contributed by atoms with Gasteiger partial charge < -0.3 is 5.73 Å². The minimum atomic E-state index is -0.808. The predicted octanol–water partition coefficient (Wildman–Crippen LogP) is 3.72. The van der Waals surface area contributed by atoms with Crippen LogP contribution in [-0.2, 0) is 5.54 Å². The van der Waals surface area contributed by atoms with E-state index < -0.39 is 17.2 Å². The smallest absolute Gasteiger partial charge is 0.163 e. The molecule has 0 amide bonds. The fourth-order valence-corrected chi connectivity index (χ4v) is 2.53. The molecule has 1 aromatic rings. The van der Waals surface area contributed by atoms with Crippen LogP contribution in [0.4, 0.5) is 8.78 Å². The normalized spacial score (nSPS) is 22.4. The maximum Gasteiger partial charge on any atom is 0.163 e. The van der Waals surface area contributed by atoms with Crippen molar-refractivity contribution in [3.8, 4) is 0 Å². The topological polar surface area (TPSA) is 26.0 Å². The summed E-state index contributed by atoms with van der Waals surface area (Å²) in [6.45, 7) is 4.38. The summed E-state index contributed by atoms with van der Waals surface area (Å²) in [5.41, 5.74) is 6.14. The van der Waals surface area contributed by atoms with E-state index in [4.69, 9.17) is 5.73 Å². The monoisotopic (exact) mass is 239 g/mol. The zero-order chi connectivity index (χ0) is 12.7.